The smallest absolute Gasteiger partial charge is 0.164 e. The van der Waals surface area contributed by atoms with Gasteiger partial charge in [-0.3, -0.25) is 0 Å². The predicted octanol–water partition coefficient (Wildman–Crippen LogP) is 19.4. The van der Waals surface area contributed by atoms with Crippen molar-refractivity contribution < 1.29 is 0 Å². The molecule has 17 rings (SSSR count). The summed E-state index contributed by atoms with van der Waals surface area (Å²) in [5, 5.41) is 11.9. The van der Waals surface area contributed by atoms with Gasteiger partial charge < -0.3 is 13.7 Å². The van der Waals surface area contributed by atoms with Crippen molar-refractivity contribution in [3.63, 3.8) is 0 Å². The Bertz CT molecular complexity index is 5150. The molecule has 11 aromatic carbocycles. The zero-order chi connectivity index (χ0) is 53.3. The van der Waals surface area contributed by atoms with Gasteiger partial charge in [-0.25, -0.2) is 15.0 Å². The summed E-state index contributed by atoms with van der Waals surface area (Å²) in [6.07, 6.45) is 4.75. The molecule has 0 fully saturated rings. The van der Waals surface area contributed by atoms with Gasteiger partial charge in [0, 0.05) is 80.9 Å². The van der Waals surface area contributed by atoms with Crippen molar-refractivity contribution >= 4 is 119 Å². The molecule has 2 atom stereocenters. The lowest BCUT2D eigenvalue weighted by molar-refractivity contribution is 0.616. The van der Waals surface area contributed by atoms with Crippen LogP contribution in [0.5, 0.6) is 0 Å². The predicted molar refractivity (Wildman–Crippen MR) is 340 cm³/mol. The van der Waals surface area contributed by atoms with Crippen molar-refractivity contribution in [2.45, 2.75) is 12.8 Å². The molecule has 5 heterocycles. The van der Waals surface area contributed by atoms with Crippen LogP contribution in [0.3, 0.4) is 0 Å². The first-order valence-electron chi connectivity index (χ1n) is 27.8. The van der Waals surface area contributed by atoms with E-state index in [9.17, 15) is 0 Å². The highest BCUT2D eigenvalue weighted by atomic mass is 32.1. The van der Waals surface area contributed by atoms with Crippen LogP contribution in [0.2, 0.25) is 0 Å². The van der Waals surface area contributed by atoms with E-state index in [0.717, 1.165) is 77.6 Å². The summed E-state index contributed by atoms with van der Waals surface area (Å²) >= 11 is 1.88. The average Bonchev–Trinajstić information content (AvgIpc) is 4.41. The lowest BCUT2D eigenvalue weighted by Gasteiger charge is -2.31. The van der Waals surface area contributed by atoms with Gasteiger partial charge >= 0.3 is 0 Å². The van der Waals surface area contributed by atoms with Gasteiger partial charge in [0.2, 0.25) is 0 Å². The fourth-order valence-electron chi connectivity index (χ4n) is 13.5. The van der Waals surface area contributed by atoms with Crippen LogP contribution in [-0.4, -0.2) is 28.7 Å². The van der Waals surface area contributed by atoms with E-state index in [2.05, 4.69) is 281 Å². The normalized spacial score (nSPS) is 14.9. The van der Waals surface area contributed by atoms with Crippen molar-refractivity contribution in [1.82, 2.24) is 28.7 Å². The van der Waals surface area contributed by atoms with E-state index in [4.69, 9.17) is 15.0 Å². The Morgan fingerprint density at radius 1 is 0.370 bits per heavy atom. The molecular formula is C74H48N6S. The lowest BCUT2D eigenvalue weighted by Crippen LogP contribution is -2.19. The number of fused-ring (bicyclic) bond motifs is 13. The fourth-order valence-corrected chi connectivity index (χ4v) is 14.8. The molecule has 2 unspecified atom stereocenters. The summed E-state index contributed by atoms with van der Waals surface area (Å²) in [5.41, 5.74) is 14.5. The lowest BCUT2D eigenvalue weighted by atomic mass is 9.78. The van der Waals surface area contributed by atoms with Crippen LogP contribution < -0.4 is 0 Å². The van der Waals surface area contributed by atoms with Crippen molar-refractivity contribution in [3.05, 3.63) is 272 Å². The molecule has 380 valence electrons. The number of thiophene rings is 1. The second-order valence-corrected chi connectivity index (χ2v) is 22.5. The molecule has 7 heteroatoms. The second kappa shape index (κ2) is 17.9. The number of hydrogen-bond donors (Lipinski definition) is 0. The summed E-state index contributed by atoms with van der Waals surface area (Å²) < 4.78 is 9.81. The van der Waals surface area contributed by atoms with Crippen molar-refractivity contribution in [1.29, 1.82) is 0 Å². The van der Waals surface area contributed by atoms with Gasteiger partial charge in [0.15, 0.2) is 11.6 Å². The van der Waals surface area contributed by atoms with Gasteiger partial charge in [-0.1, -0.05) is 189 Å². The number of nitrogens with zero attached hydrogens (tertiary/aromatic N) is 6. The summed E-state index contributed by atoms with van der Waals surface area (Å²) in [6, 6.07) is 90.0. The Kier molecular flexibility index (Phi) is 10.1. The Hall–Kier alpha value is -10.2. The van der Waals surface area contributed by atoms with Crippen LogP contribution in [0.1, 0.15) is 24.2 Å². The molecular weight excluding hydrogens is 1000 g/mol. The molecule has 0 saturated carbocycles. The van der Waals surface area contributed by atoms with Gasteiger partial charge in [0.25, 0.3) is 0 Å². The van der Waals surface area contributed by atoms with Crippen LogP contribution in [0, 0.1) is 5.92 Å². The van der Waals surface area contributed by atoms with E-state index in [1.807, 2.05) is 11.3 Å². The second-order valence-electron chi connectivity index (χ2n) is 21.4. The molecule has 81 heavy (non-hydrogen) atoms. The molecule has 1 aliphatic rings. The van der Waals surface area contributed by atoms with Gasteiger partial charge in [0.05, 0.1) is 38.8 Å². The third-order valence-electron chi connectivity index (χ3n) is 17.1. The largest absolute Gasteiger partial charge is 0.309 e. The van der Waals surface area contributed by atoms with Crippen LogP contribution in [0.25, 0.3) is 142 Å². The SMILES string of the molecule is CC1C(c2cccc3c2sc2ccccc23)=C(n2c3ccccc3c3cc4ccccc4cc32)C=CC1c1nc(-c2cccc3c2c2ccccc2n3-c2ccccc2)nc(-c2cccc3c2c2ccccc2n3-c2ccccc2)n1. The summed E-state index contributed by atoms with van der Waals surface area (Å²) in [4.78, 5) is 17.2. The highest BCUT2D eigenvalue weighted by Gasteiger charge is 2.34. The Labute approximate surface area is 470 Å². The van der Waals surface area contributed by atoms with Gasteiger partial charge in [-0.15, -0.1) is 11.3 Å². The number of rotatable bonds is 7. The monoisotopic (exact) mass is 1050 g/mol. The van der Waals surface area contributed by atoms with Crippen LogP contribution >= 0.6 is 11.3 Å². The third-order valence-corrected chi connectivity index (χ3v) is 18.3. The average molecular weight is 1050 g/mol. The van der Waals surface area contributed by atoms with E-state index >= 15 is 0 Å². The molecule has 0 saturated heterocycles. The molecule has 0 radical (unpaired) electrons. The minimum Gasteiger partial charge on any atom is -0.309 e. The van der Waals surface area contributed by atoms with Crippen LogP contribution in [0.15, 0.2) is 261 Å². The fraction of sp³-hybridized carbons (Fsp3) is 0.0405. The summed E-state index contributed by atoms with van der Waals surface area (Å²) in [7, 11) is 0. The van der Waals surface area contributed by atoms with Gasteiger partial charge in [0.1, 0.15) is 5.82 Å². The third kappa shape index (κ3) is 6.89. The van der Waals surface area contributed by atoms with E-state index in [1.54, 1.807) is 0 Å². The number of allylic oxidation sites excluding steroid dienone is 4. The highest BCUT2D eigenvalue weighted by molar-refractivity contribution is 7.26. The van der Waals surface area contributed by atoms with Crippen molar-refractivity contribution in [2.75, 3.05) is 0 Å². The number of aromatic nitrogens is 6. The Morgan fingerprint density at radius 2 is 0.852 bits per heavy atom. The zero-order valence-corrected chi connectivity index (χ0v) is 44.9. The van der Waals surface area contributed by atoms with Crippen molar-refractivity contribution in [3.8, 4) is 34.2 Å². The quantitative estimate of drug-likeness (QED) is 0.160. The van der Waals surface area contributed by atoms with Gasteiger partial charge in [-0.05, 0) is 107 Å². The number of hydrogen-bond acceptors (Lipinski definition) is 4. The van der Waals surface area contributed by atoms with Crippen molar-refractivity contribution in [2.24, 2.45) is 5.92 Å². The first-order chi connectivity index (χ1) is 40.1. The molecule has 0 amide bonds. The molecule has 6 nitrogen and oxygen atoms in total. The summed E-state index contributed by atoms with van der Waals surface area (Å²) in [6.45, 7) is 2.39. The highest BCUT2D eigenvalue weighted by Crippen LogP contribution is 2.50. The minimum atomic E-state index is -0.252. The van der Waals surface area contributed by atoms with E-state index < -0.39 is 0 Å². The van der Waals surface area contributed by atoms with E-state index in [1.165, 1.54) is 63.9 Å². The molecule has 0 aliphatic heterocycles. The van der Waals surface area contributed by atoms with E-state index in [0.29, 0.717) is 11.6 Å². The summed E-state index contributed by atoms with van der Waals surface area (Å²) in [5.74, 6) is 1.64. The van der Waals surface area contributed by atoms with Gasteiger partial charge in [-0.2, -0.15) is 0 Å². The molecule has 16 aromatic rings. The maximum Gasteiger partial charge on any atom is 0.164 e. The standard InChI is InChI=1S/C74H48N6S/c1-45-50(41-42-65(68(45)56-32-18-31-53-52-28-13-17-40-67(52)81-71(53)56)80-60-35-14-10-27-51(60)59-43-46-21-8-9-22-47(46)44-66(59)80)72-75-73(57-33-19-38-63-69(57)54-29-11-15-36-61(54)78(63)48-23-4-2-5-24-48)77-74(76-72)58-34-20-39-64-70(58)55-30-12-16-37-62(55)79(64)49-25-6-3-7-26-49/h2-45,50H,1H3. The zero-order valence-electron chi connectivity index (χ0n) is 44.1. The molecule has 0 N–H and O–H groups in total. The number of para-hydroxylation sites is 5. The Balaban J connectivity index is 0.948. The molecule has 0 spiro atoms. The molecule has 0 bridgehead atoms. The first kappa shape index (κ1) is 45.8. The van der Waals surface area contributed by atoms with E-state index in [-0.39, 0.29) is 11.8 Å². The number of benzene rings is 11. The minimum absolute atomic E-state index is 0.104. The van der Waals surface area contributed by atoms with Crippen LogP contribution in [0.4, 0.5) is 0 Å². The topological polar surface area (TPSA) is 53.5 Å². The van der Waals surface area contributed by atoms with Crippen LogP contribution in [-0.2, 0) is 0 Å². The maximum atomic E-state index is 5.77. The first-order valence-corrected chi connectivity index (χ1v) is 28.6. The Morgan fingerprint density at radius 3 is 1.48 bits per heavy atom. The molecule has 1 aliphatic carbocycles. The molecule has 5 aromatic heterocycles. The maximum absolute atomic E-state index is 5.77.